The summed E-state index contributed by atoms with van der Waals surface area (Å²) in [6.07, 6.45) is 4.00. The number of hydrogen-bond acceptors (Lipinski definition) is 5. The van der Waals surface area contributed by atoms with Crippen LogP contribution in [0.1, 0.15) is 35.3 Å². The molecular weight excluding hydrogens is 470 g/mol. The lowest BCUT2D eigenvalue weighted by atomic mass is 10.0. The monoisotopic (exact) mass is 497 g/mol. The summed E-state index contributed by atoms with van der Waals surface area (Å²) < 4.78 is 29.7. The number of nitriles is 1. The summed E-state index contributed by atoms with van der Waals surface area (Å²) in [4.78, 5) is 9.88. The lowest BCUT2D eigenvalue weighted by molar-refractivity contribution is 0.315. The van der Waals surface area contributed by atoms with Crippen LogP contribution in [0.5, 0.6) is 0 Å². The normalized spacial score (nSPS) is 17.1. The van der Waals surface area contributed by atoms with Crippen molar-refractivity contribution < 1.29 is 8.42 Å². The van der Waals surface area contributed by atoms with Crippen molar-refractivity contribution in [3.05, 3.63) is 114 Å². The van der Waals surface area contributed by atoms with Crippen LogP contribution in [-0.4, -0.2) is 35.3 Å². The maximum absolute atomic E-state index is 14.0. The topological polar surface area (TPSA) is 93.1 Å². The third-order valence-corrected chi connectivity index (χ3v) is 8.67. The van der Waals surface area contributed by atoms with Gasteiger partial charge < -0.3 is 9.88 Å². The van der Waals surface area contributed by atoms with Gasteiger partial charge in [0.05, 0.1) is 40.8 Å². The fourth-order valence-electron chi connectivity index (χ4n) is 4.87. The van der Waals surface area contributed by atoms with Gasteiger partial charge in [-0.15, -0.1) is 0 Å². The summed E-state index contributed by atoms with van der Waals surface area (Å²) in [7, 11) is -3.82. The van der Waals surface area contributed by atoms with E-state index < -0.39 is 10.0 Å². The molecule has 0 amide bonds. The first-order chi connectivity index (χ1) is 17.5. The van der Waals surface area contributed by atoms with Crippen LogP contribution in [0, 0.1) is 11.3 Å². The van der Waals surface area contributed by atoms with Crippen LogP contribution < -0.4 is 4.90 Å². The molecule has 182 valence electrons. The number of aromatic amines is 1. The quantitative estimate of drug-likeness (QED) is 0.418. The number of hydrogen-bond donors (Lipinski definition) is 1. The Balaban J connectivity index is 1.65. The summed E-state index contributed by atoms with van der Waals surface area (Å²) in [5.41, 5.74) is 4.22. The van der Waals surface area contributed by atoms with Gasteiger partial charge in [-0.2, -0.15) is 9.57 Å². The van der Waals surface area contributed by atoms with Crippen LogP contribution in [0.25, 0.3) is 0 Å². The van der Waals surface area contributed by atoms with Gasteiger partial charge in [-0.3, -0.25) is 0 Å². The average molecular weight is 498 g/mol. The van der Waals surface area contributed by atoms with Crippen molar-refractivity contribution in [2.45, 2.75) is 36.9 Å². The molecule has 36 heavy (non-hydrogen) atoms. The van der Waals surface area contributed by atoms with E-state index in [1.54, 1.807) is 53.2 Å². The Morgan fingerprint density at radius 2 is 1.81 bits per heavy atom. The maximum atomic E-state index is 14.0. The molecule has 0 saturated carbocycles. The Kier molecular flexibility index (Phi) is 6.59. The van der Waals surface area contributed by atoms with Gasteiger partial charge in [0, 0.05) is 24.8 Å². The average Bonchev–Trinajstić information content (AvgIpc) is 3.40. The van der Waals surface area contributed by atoms with Gasteiger partial charge in [-0.05, 0) is 54.8 Å². The van der Waals surface area contributed by atoms with E-state index in [9.17, 15) is 13.7 Å². The fourth-order valence-corrected chi connectivity index (χ4v) is 6.48. The summed E-state index contributed by atoms with van der Waals surface area (Å²) in [5.74, 6) is 0. The number of imidazole rings is 1. The molecule has 7 nitrogen and oxygen atoms in total. The van der Waals surface area contributed by atoms with Gasteiger partial charge in [-0.25, -0.2) is 13.4 Å². The van der Waals surface area contributed by atoms with E-state index >= 15 is 0 Å². The van der Waals surface area contributed by atoms with Crippen molar-refractivity contribution in [3.63, 3.8) is 0 Å². The van der Waals surface area contributed by atoms with Crippen LogP contribution in [0.4, 0.5) is 5.69 Å². The molecule has 1 N–H and O–H groups in total. The lowest BCUT2D eigenvalue weighted by Crippen LogP contribution is -2.46. The molecule has 2 unspecified atom stereocenters. The zero-order chi connectivity index (χ0) is 25.1. The second kappa shape index (κ2) is 9.97. The molecule has 0 radical (unpaired) electrons. The SMILES string of the molecule is CC(c1cnc[nH]1)N1CC(Cc2ccccc2)N(S(=O)(=O)c2ccccc2)Cc2cc(C#N)ccc21. The lowest BCUT2D eigenvalue weighted by Gasteiger charge is -2.35. The predicted octanol–water partition coefficient (Wildman–Crippen LogP) is 4.66. The molecule has 0 fully saturated rings. The first-order valence-electron chi connectivity index (χ1n) is 11.9. The first kappa shape index (κ1) is 23.8. The largest absolute Gasteiger partial charge is 0.361 e. The molecule has 1 aliphatic rings. The smallest absolute Gasteiger partial charge is 0.243 e. The number of rotatable bonds is 6. The van der Waals surface area contributed by atoms with E-state index in [1.807, 2.05) is 42.5 Å². The maximum Gasteiger partial charge on any atom is 0.243 e. The van der Waals surface area contributed by atoms with Gasteiger partial charge in [0.1, 0.15) is 0 Å². The van der Waals surface area contributed by atoms with E-state index in [2.05, 4.69) is 27.9 Å². The van der Waals surface area contributed by atoms with Gasteiger partial charge in [0.15, 0.2) is 0 Å². The first-order valence-corrected chi connectivity index (χ1v) is 13.3. The molecule has 4 aromatic rings. The molecule has 0 aliphatic carbocycles. The highest BCUT2D eigenvalue weighted by Gasteiger charge is 2.38. The summed E-state index contributed by atoms with van der Waals surface area (Å²) in [6.45, 7) is 2.72. The summed E-state index contributed by atoms with van der Waals surface area (Å²) in [6, 6.07) is 25.8. The zero-order valence-corrected chi connectivity index (χ0v) is 20.8. The van der Waals surface area contributed by atoms with Crippen LogP contribution in [-0.2, 0) is 23.0 Å². The predicted molar refractivity (Wildman–Crippen MR) is 139 cm³/mol. The second-order valence-electron chi connectivity index (χ2n) is 9.00. The molecule has 2 atom stereocenters. The molecule has 3 aromatic carbocycles. The van der Waals surface area contributed by atoms with E-state index in [-0.39, 0.29) is 23.5 Å². The molecule has 1 aromatic heterocycles. The summed E-state index contributed by atoms with van der Waals surface area (Å²) in [5, 5.41) is 9.58. The minimum Gasteiger partial charge on any atom is -0.361 e. The molecule has 0 saturated heterocycles. The van der Waals surface area contributed by atoms with Gasteiger partial charge >= 0.3 is 0 Å². The van der Waals surface area contributed by atoms with Crippen molar-refractivity contribution in [2.24, 2.45) is 0 Å². The number of nitrogens with zero attached hydrogens (tertiary/aromatic N) is 4. The third-order valence-electron chi connectivity index (χ3n) is 6.76. The highest BCUT2D eigenvalue weighted by atomic mass is 32.2. The van der Waals surface area contributed by atoms with Crippen LogP contribution >= 0.6 is 0 Å². The third kappa shape index (κ3) is 4.63. The van der Waals surface area contributed by atoms with Crippen LogP contribution in [0.3, 0.4) is 0 Å². The Morgan fingerprint density at radius 1 is 1.08 bits per heavy atom. The van der Waals surface area contributed by atoms with E-state index in [0.717, 1.165) is 22.5 Å². The molecule has 8 heteroatoms. The highest BCUT2D eigenvalue weighted by Crippen LogP contribution is 2.36. The van der Waals surface area contributed by atoms with Gasteiger partial charge in [0.2, 0.25) is 10.0 Å². The molecule has 0 bridgehead atoms. The van der Waals surface area contributed by atoms with E-state index in [4.69, 9.17) is 0 Å². The van der Waals surface area contributed by atoms with Crippen molar-refractivity contribution >= 4 is 15.7 Å². The molecular formula is C28H27N5O2S. The Bertz CT molecular complexity index is 1470. The van der Waals surface area contributed by atoms with Gasteiger partial charge in [-0.1, -0.05) is 48.5 Å². The van der Waals surface area contributed by atoms with E-state index in [0.29, 0.717) is 18.5 Å². The van der Waals surface area contributed by atoms with Crippen molar-refractivity contribution in [1.29, 1.82) is 5.26 Å². The molecule has 0 spiro atoms. The number of benzene rings is 3. The second-order valence-corrected chi connectivity index (χ2v) is 10.9. The standard InChI is InChI=1S/C28H27N5O2S/c1-21(27-17-30-20-31-27)32-19-25(15-22-8-4-2-5-9-22)33(36(34,35)26-10-6-3-7-11-26)18-24-14-23(16-29)12-13-28(24)32/h2-14,17,20-21,25H,15,18-19H2,1H3,(H,30,31). The Morgan fingerprint density at radius 3 is 2.47 bits per heavy atom. The number of nitrogens with one attached hydrogen (secondary N) is 1. The number of sulfonamides is 1. The molecule has 5 rings (SSSR count). The zero-order valence-electron chi connectivity index (χ0n) is 19.9. The fraction of sp³-hybridized carbons (Fsp3) is 0.214. The van der Waals surface area contributed by atoms with Gasteiger partial charge in [0.25, 0.3) is 0 Å². The minimum atomic E-state index is -3.82. The Labute approximate surface area is 211 Å². The van der Waals surface area contributed by atoms with E-state index in [1.165, 1.54) is 0 Å². The molecule has 1 aliphatic heterocycles. The van der Waals surface area contributed by atoms with Crippen LogP contribution in [0.2, 0.25) is 0 Å². The Hall–Kier alpha value is -3.93. The molecule has 2 heterocycles. The number of fused-ring (bicyclic) bond motifs is 1. The van der Waals surface area contributed by atoms with Crippen molar-refractivity contribution in [3.8, 4) is 6.07 Å². The number of aromatic nitrogens is 2. The number of anilines is 1. The van der Waals surface area contributed by atoms with Crippen molar-refractivity contribution in [2.75, 3.05) is 11.4 Å². The van der Waals surface area contributed by atoms with Crippen LogP contribution in [0.15, 0.2) is 96.3 Å². The van der Waals surface area contributed by atoms with Crippen molar-refractivity contribution in [1.82, 2.24) is 14.3 Å². The summed E-state index contributed by atoms with van der Waals surface area (Å²) >= 11 is 0. The number of H-pyrrole nitrogens is 1. The highest BCUT2D eigenvalue weighted by molar-refractivity contribution is 7.89. The minimum absolute atomic E-state index is 0.0863.